The topological polar surface area (TPSA) is 76.1 Å². The van der Waals surface area contributed by atoms with E-state index in [9.17, 15) is 14.7 Å². The number of ether oxygens (including phenoxy) is 2. The third-order valence-corrected chi connectivity index (χ3v) is 4.80. The predicted molar refractivity (Wildman–Crippen MR) is 105 cm³/mol. The Labute approximate surface area is 164 Å². The maximum absolute atomic E-state index is 12.7. The van der Waals surface area contributed by atoms with Gasteiger partial charge in [0.05, 0.1) is 13.0 Å². The molecule has 0 spiro atoms. The molecule has 0 fully saturated rings. The molecule has 146 valence electrons. The molecule has 1 amide bonds. The molecule has 0 saturated carbocycles. The van der Waals surface area contributed by atoms with Crippen LogP contribution in [0.1, 0.15) is 22.6 Å². The molecule has 2 aromatic rings. The van der Waals surface area contributed by atoms with Gasteiger partial charge in [-0.15, -0.1) is 6.58 Å². The molecule has 0 saturated heterocycles. The molecule has 1 heterocycles. The highest BCUT2D eigenvalue weighted by atomic mass is 16.5. The Balaban J connectivity index is 1.70. The minimum atomic E-state index is -0.939. The highest BCUT2D eigenvalue weighted by molar-refractivity contribution is 5.82. The van der Waals surface area contributed by atoms with Crippen molar-refractivity contribution in [1.29, 1.82) is 0 Å². The van der Waals surface area contributed by atoms with Gasteiger partial charge in [0.15, 0.2) is 18.1 Å². The van der Waals surface area contributed by atoms with Gasteiger partial charge in [-0.3, -0.25) is 9.59 Å². The van der Waals surface area contributed by atoms with Gasteiger partial charge in [-0.25, -0.2) is 0 Å². The van der Waals surface area contributed by atoms with Gasteiger partial charge in [0.1, 0.15) is 0 Å². The van der Waals surface area contributed by atoms with Crippen LogP contribution in [-0.4, -0.2) is 42.1 Å². The molecular weight excluding hydrogens is 358 g/mol. The molecule has 0 bridgehead atoms. The summed E-state index contributed by atoms with van der Waals surface area (Å²) >= 11 is 0. The number of carbonyl (C=O) groups excluding carboxylic acids is 1. The van der Waals surface area contributed by atoms with Crippen LogP contribution in [0.15, 0.2) is 55.1 Å². The van der Waals surface area contributed by atoms with Gasteiger partial charge in [-0.05, 0) is 35.2 Å². The average Bonchev–Trinajstić information content (AvgIpc) is 2.71. The number of nitrogens with zero attached hydrogens (tertiary/aromatic N) is 1. The summed E-state index contributed by atoms with van der Waals surface area (Å²) in [5.41, 5.74) is 2.64. The van der Waals surface area contributed by atoms with Crippen LogP contribution in [-0.2, 0) is 22.6 Å². The highest BCUT2D eigenvalue weighted by Gasteiger charge is 2.32. The second kappa shape index (κ2) is 8.61. The molecule has 0 radical (unpaired) electrons. The Bertz CT molecular complexity index is 892. The normalized spacial score (nSPS) is 15.5. The summed E-state index contributed by atoms with van der Waals surface area (Å²) in [5, 5.41) is 9.54. The molecule has 28 heavy (non-hydrogen) atoms. The highest BCUT2D eigenvalue weighted by Crippen LogP contribution is 2.30. The van der Waals surface area contributed by atoms with Gasteiger partial charge in [-0.2, -0.15) is 0 Å². The first-order valence-corrected chi connectivity index (χ1v) is 9.02. The summed E-state index contributed by atoms with van der Waals surface area (Å²) in [5.74, 6) is -0.930. The van der Waals surface area contributed by atoms with Gasteiger partial charge in [0, 0.05) is 13.1 Å². The fraction of sp³-hybridized carbons (Fsp3) is 0.273. The molecule has 2 aromatic carbocycles. The molecule has 0 aromatic heterocycles. The van der Waals surface area contributed by atoms with Gasteiger partial charge in [0.25, 0.3) is 5.91 Å². The third kappa shape index (κ3) is 4.17. The maximum Gasteiger partial charge on any atom is 0.312 e. The van der Waals surface area contributed by atoms with Crippen molar-refractivity contribution in [1.82, 2.24) is 4.90 Å². The number of rotatable bonds is 7. The zero-order valence-electron chi connectivity index (χ0n) is 15.8. The summed E-state index contributed by atoms with van der Waals surface area (Å²) in [6, 6.07) is 12.8. The number of allylic oxidation sites excluding steroid dienone is 1. The first-order chi connectivity index (χ1) is 13.5. The van der Waals surface area contributed by atoms with Crippen molar-refractivity contribution < 1.29 is 24.2 Å². The lowest BCUT2D eigenvalue weighted by molar-refractivity contribution is -0.142. The van der Waals surface area contributed by atoms with Crippen molar-refractivity contribution in [2.24, 2.45) is 0 Å². The fourth-order valence-corrected chi connectivity index (χ4v) is 3.36. The smallest absolute Gasteiger partial charge is 0.312 e. The van der Waals surface area contributed by atoms with Crippen molar-refractivity contribution in [3.05, 3.63) is 71.8 Å². The molecule has 0 aliphatic carbocycles. The van der Waals surface area contributed by atoms with Crippen LogP contribution in [0, 0.1) is 0 Å². The lowest BCUT2D eigenvalue weighted by Crippen LogP contribution is -2.42. The van der Waals surface area contributed by atoms with Crippen LogP contribution >= 0.6 is 0 Å². The molecular formula is C22H23NO5. The van der Waals surface area contributed by atoms with Crippen molar-refractivity contribution >= 4 is 11.9 Å². The molecule has 1 aliphatic rings. The largest absolute Gasteiger partial charge is 0.493 e. The number of aliphatic carboxylic acids is 1. The van der Waals surface area contributed by atoms with Crippen LogP contribution in [0.2, 0.25) is 0 Å². The molecule has 3 rings (SSSR count). The predicted octanol–water partition coefficient (Wildman–Crippen LogP) is 3.01. The van der Waals surface area contributed by atoms with E-state index in [2.05, 4.69) is 6.58 Å². The number of benzene rings is 2. The maximum atomic E-state index is 12.7. The first kappa shape index (κ1) is 19.5. The van der Waals surface area contributed by atoms with E-state index in [0.717, 1.165) is 16.7 Å². The molecule has 6 nitrogen and oxygen atoms in total. The summed E-state index contributed by atoms with van der Waals surface area (Å²) in [6.07, 6.45) is 2.51. The lowest BCUT2D eigenvalue weighted by Gasteiger charge is -2.32. The Morgan fingerprint density at radius 3 is 2.75 bits per heavy atom. The Kier molecular flexibility index (Phi) is 5.99. The number of carboxylic acid groups (broad SMARTS) is 1. The van der Waals surface area contributed by atoms with Crippen LogP contribution in [0.25, 0.3) is 0 Å². The van der Waals surface area contributed by atoms with Gasteiger partial charge in [-0.1, -0.05) is 36.4 Å². The number of carboxylic acids is 1. The standard InChI is InChI=1S/C22H23NO5/c1-3-6-15-9-10-19(20(11-15)27-2)28-14-21(24)23-12-16-7-4-5-8-17(16)18(13-23)22(25)26/h3-5,7-11,18H,1,6,12-14H2,2H3,(H,25,26). The Hall–Kier alpha value is -3.28. The van der Waals surface area contributed by atoms with Gasteiger partial charge < -0.3 is 19.5 Å². The van der Waals surface area contributed by atoms with E-state index in [1.807, 2.05) is 36.4 Å². The van der Waals surface area contributed by atoms with E-state index < -0.39 is 11.9 Å². The van der Waals surface area contributed by atoms with Crippen LogP contribution < -0.4 is 9.47 Å². The zero-order chi connectivity index (χ0) is 20.1. The summed E-state index contributed by atoms with van der Waals surface area (Å²) < 4.78 is 11.0. The van der Waals surface area contributed by atoms with Gasteiger partial charge >= 0.3 is 5.97 Å². The minimum absolute atomic E-state index is 0.129. The number of hydrogen-bond acceptors (Lipinski definition) is 4. The quantitative estimate of drug-likeness (QED) is 0.746. The van der Waals surface area contributed by atoms with E-state index in [1.54, 1.807) is 19.3 Å². The van der Waals surface area contributed by atoms with Crippen molar-refractivity contribution in [3.63, 3.8) is 0 Å². The monoisotopic (exact) mass is 381 g/mol. The van der Waals surface area contributed by atoms with E-state index >= 15 is 0 Å². The molecule has 1 aliphatic heterocycles. The summed E-state index contributed by atoms with van der Waals surface area (Å²) in [6.45, 7) is 4.03. The molecule has 1 N–H and O–H groups in total. The average molecular weight is 381 g/mol. The summed E-state index contributed by atoms with van der Waals surface area (Å²) in [7, 11) is 1.54. The zero-order valence-corrected chi connectivity index (χ0v) is 15.8. The number of carbonyl (C=O) groups is 2. The molecule has 6 heteroatoms. The van der Waals surface area contributed by atoms with Crippen molar-refractivity contribution in [2.75, 3.05) is 20.3 Å². The number of hydrogen-bond donors (Lipinski definition) is 1. The Morgan fingerprint density at radius 1 is 1.25 bits per heavy atom. The first-order valence-electron chi connectivity index (χ1n) is 9.02. The van der Waals surface area contributed by atoms with Crippen molar-refractivity contribution in [3.8, 4) is 11.5 Å². The second-order valence-corrected chi connectivity index (χ2v) is 6.63. The molecule has 1 atom stereocenters. The van der Waals surface area contributed by atoms with Gasteiger partial charge in [0.2, 0.25) is 0 Å². The number of methoxy groups -OCH3 is 1. The van der Waals surface area contributed by atoms with E-state index in [1.165, 1.54) is 4.90 Å². The summed E-state index contributed by atoms with van der Waals surface area (Å²) in [4.78, 5) is 25.8. The Morgan fingerprint density at radius 2 is 2.04 bits per heavy atom. The van der Waals surface area contributed by atoms with E-state index in [0.29, 0.717) is 24.5 Å². The van der Waals surface area contributed by atoms with E-state index in [4.69, 9.17) is 9.47 Å². The molecule has 1 unspecified atom stereocenters. The third-order valence-electron chi connectivity index (χ3n) is 4.80. The van der Waals surface area contributed by atoms with Crippen LogP contribution in [0.5, 0.6) is 11.5 Å². The second-order valence-electron chi connectivity index (χ2n) is 6.63. The number of amides is 1. The van der Waals surface area contributed by atoms with Crippen LogP contribution in [0.3, 0.4) is 0 Å². The van der Waals surface area contributed by atoms with E-state index in [-0.39, 0.29) is 19.1 Å². The van der Waals surface area contributed by atoms with Crippen LogP contribution in [0.4, 0.5) is 0 Å². The fourth-order valence-electron chi connectivity index (χ4n) is 3.36. The minimum Gasteiger partial charge on any atom is -0.493 e. The lowest BCUT2D eigenvalue weighted by atomic mass is 9.90. The SMILES string of the molecule is C=CCc1ccc(OCC(=O)N2Cc3ccccc3C(C(=O)O)C2)c(OC)c1. The number of fused-ring (bicyclic) bond motifs is 1. The van der Waals surface area contributed by atoms with Crippen molar-refractivity contribution in [2.45, 2.75) is 18.9 Å².